The minimum Gasteiger partial charge on any atom is -0.465 e. The minimum absolute atomic E-state index is 0.414. The Hall–Kier alpha value is -2.37. The molecule has 0 aliphatic rings. The van der Waals surface area contributed by atoms with Crippen LogP contribution in [0, 0.1) is 6.92 Å². The zero-order valence-electron chi connectivity index (χ0n) is 14.1. The fourth-order valence-corrected chi connectivity index (χ4v) is 2.58. The number of rotatable bonds is 5. The molecule has 0 saturated carbocycles. The lowest BCUT2D eigenvalue weighted by Gasteiger charge is -2.33. The van der Waals surface area contributed by atoms with Crippen molar-refractivity contribution in [3.05, 3.63) is 47.0 Å². The van der Waals surface area contributed by atoms with E-state index in [1.54, 1.807) is 0 Å². The second kappa shape index (κ2) is 6.81. The number of nitrogens with zero attached hydrogens (tertiary/aromatic N) is 3. The number of H-pyrrole nitrogens is 1. The van der Waals surface area contributed by atoms with Crippen molar-refractivity contribution in [3.8, 4) is 0 Å². The largest absolute Gasteiger partial charge is 0.465 e. The Labute approximate surface area is 136 Å². The fourth-order valence-electron chi connectivity index (χ4n) is 2.58. The standard InChI is InChI=1S/C17H24N4O2/c1-12-18-15(20-19-12)11-14-8-6-5-7-13(14)9-10-21(16(22)23)17(2,3)4/h5-8H,9-11H2,1-4H3,(H,22,23)(H,18,19,20). The van der Waals surface area contributed by atoms with E-state index in [0.717, 1.165) is 22.8 Å². The number of benzene rings is 1. The predicted molar refractivity (Wildman–Crippen MR) is 88.6 cm³/mol. The van der Waals surface area contributed by atoms with Gasteiger partial charge in [0.1, 0.15) is 11.6 Å². The van der Waals surface area contributed by atoms with Gasteiger partial charge in [0.2, 0.25) is 0 Å². The topological polar surface area (TPSA) is 82.1 Å². The van der Waals surface area contributed by atoms with Gasteiger partial charge in [-0.05, 0) is 45.2 Å². The first-order chi connectivity index (χ1) is 10.8. The molecule has 1 amide bonds. The van der Waals surface area contributed by atoms with Gasteiger partial charge in [0.25, 0.3) is 0 Å². The normalized spacial score (nSPS) is 11.5. The molecular weight excluding hydrogens is 292 g/mol. The van der Waals surface area contributed by atoms with E-state index >= 15 is 0 Å². The third-order valence-corrected chi connectivity index (χ3v) is 3.77. The summed E-state index contributed by atoms with van der Waals surface area (Å²) in [5.41, 5.74) is 1.86. The summed E-state index contributed by atoms with van der Waals surface area (Å²) in [4.78, 5) is 16.1. The maximum Gasteiger partial charge on any atom is 0.407 e. The highest BCUT2D eigenvalue weighted by atomic mass is 16.4. The number of hydrogen-bond donors (Lipinski definition) is 2. The lowest BCUT2D eigenvalue weighted by atomic mass is 10.00. The van der Waals surface area contributed by atoms with Crippen molar-refractivity contribution < 1.29 is 9.90 Å². The average Bonchev–Trinajstić information content (AvgIpc) is 2.84. The van der Waals surface area contributed by atoms with Crippen LogP contribution in [0.2, 0.25) is 0 Å². The molecule has 0 spiro atoms. The Morgan fingerprint density at radius 3 is 2.39 bits per heavy atom. The van der Waals surface area contributed by atoms with E-state index in [9.17, 15) is 9.90 Å². The quantitative estimate of drug-likeness (QED) is 0.888. The van der Waals surface area contributed by atoms with Crippen LogP contribution in [0.5, 0.6) is 0 Å². The number of aromatic nitrogens is 3. The van der Waals surface area contributed by atoms with Crippen LogP contribution in [0.3, 0.4) is 0 Å². The Kier molecular flexibility index (Phi) is 5.03. The molecule has 2 aromatic rings. The minimum atomic E-state index is -0.888. The predicted octanol–water partition coefficient (Wildman–Crippen LogP) is 3.02. The molecule has 6 nitrogen and oxygen atoms in total. The molecule has 1 aromatic carbocycles. The van der Waals surface area contributed by atoms with Crippen LogP contribution >= 0.6 is 0 Å². The molecule has 0 radical (unpaired) electrons. The Balaban J connectivity index is 2.12. The van der Waals surface area contributed by atoms with Crippen LogP contribution in [0.15, 0.2) is 24.3 Å². The summed E-state index contributed by atoms with van der Waals surface area (Å²) in [5, 5.41) is 17.5. The van der Waals surface area contributed by atoms with E-state index < -0.39 is 11.6 Å². The van der Waals surface area contributed by atoms with Gasteiger partial charge in [0, 0.05) is 18.5 Å². The van der Waals surface area contributed by atoms with Crippen molar-refractivity contribution >= 4 is 6.09 Å². The van der Waals surface area contributed by atoms with Crippen LogP contribution in [0.1, 0.15) is 43.5 Å². The molecule has 23 heavy (non-hydrogen) atoms. The van der Waals surface area contributed by atoms with Crippen molar-refractivity contribution in [3.63, 3.8) is 0 Å². The number of aryl methyl sites for hydroxylation is 1. The Morgan fingerprint density at radius 1 is 1.22 bits per heavy atom. The van der Waals surface area contributed by atoms with Gasteiger partial charge < -0.3 is 15.0 Å². The summed E-state index contributed by atoms with van der Waals surface area (Å²) in [6.45, 7) is 8.06. The molecule has 0 unspecified atom stereocenters. The highest BCUT2D eigenvalue weighted by Gasteiger charge is 2.25. The van der Waals surface area contributed by atoms with E-state index in [1.165, 1.54) is 4.90 Å². The van der Waals surface area contributed by atoms with Crippen LogP contribution in [0.25, 0.3) is 0 Å². The Bertz CT molecular complexity index is 673. The summed E-state index contributed by atoms with van der Waals surface area (Å²) in [7, 11) is 0. The number of carbonyl (C=O) groups is 1. The van der Waals surface area contributed by atoms with Crippen molar-refractivity contribution in [1.29, 1.82) is 0 Å². The summed E-state index contributed by atoms with van der Waals surface area (Å²) in [5.74, 6) is 1.61. The molecule has 1 heterocycles. The number of nitrogens with one attached hydrogen (secondary N) is 1. The number of amides is 1. The van der Waals surface area contributed by atoms with Crippen LogP contribution in [0.4, 0.5) is 4.79 Å². The zero-order valence-corrected chi connectivity index (χ0v) is 14.1. The van der Waals surface area contributed by atoms with Crippen molar-refractivity contribution in [2.75, 3.05) is 6.54 Å². The molecule has 0 atom stereocenters. The molecule has 0 aliphatic heterocycles. The lowest BCUT2D eigenvalue weighted by Crippen LogP contribution is -2.46. The third-order valence-electron chi connectivity index (χ3n) is 3.77. The van der Waals surface area contributed by atoms with E-state index in [1.807, 2.05) is 45.9 Å². The number of aromatic amines is 1. The zero-order chi connectivity index (χ0) is 17.0. The molecule has 0 saturated heterocycles. The second-order valence-corrected chi connectivity index (χ2v) is 6.66. The molecule has 0 bridgehead atoms. The van der Waals surface area contributed by atoms with E-state index in [-0.39, 0.29) is 0 Å². The third kappa shape index (κ3) is 4.55. The van der Waals surface area contributed by atoms with Crippen molar-refractivity contribution in [1.82, 2.24) is 20.1 Å². The Morgan fingerprint density at radius 2 is 1.87 bits per heavy atom. The first-order valence-corrected chi connectivity index (χ1v) is 7.73. The van der Waals surface area contributed by atoms with Gasteiger partial charge in [0.15, 0.2) is 0 Å². The summed E-state index contributed by atoms with van der Waals surface area (Å²) < 4.78 is 0. The molecule has 0 aliphatic carbocycles. The molecule has 2 rings (SSSR count). The summed E-state index contributed by atoms with van der Waals surface area (Å²) in [6.07, 6.45) is 0.452. The van der Waals surface area contributed by atoms with Gasteiger partial charge in [0.05, 0.1) is 0 Å². The number of carboxylic acid groups (broad SMARTS) is 1. The first kappa shape index (κ1) is 17.0. The lowest BCUT2D eigenvalue weighted by molar-refractivity contribution is 0.101. The van der Waals surface area contributed by atoms with Gasteiger partial charge in [-0.2, -0.15) is 0 Å². The smallest absolute Gasteiger partial charge is 0.407 e. The molecule has 124 valence electrons. The molecule has 2 N–H and O–H groups in total. The van der Waals surface area contributed by atoms with Gasteiger partial charge in [-0.3, -0.25) is 0 Å². The maximum atomic E-state index is 11.4. The van der Waals surface area contributed by atoms with E-state index in [2.05, 4.69) is 21.2 Å². The van der Waals surface area contributed by atoms with Gasteiger partial charge >= 0.3 is 6.09 Å². The van der Waals surface area contributed by atoms with Crippen molar-refractivity contribution in [2.24, 2.45) is 0 Å². The summed E-state index contributed by atoms with van der Waals surface area (Å²) >= 11 is 0. The maximum absolute atomic E-state index is 11.4. The monoisotopic (exact) mass is 316 g/mol. The average molecular weight is 316 g/mol. The highest BCUT2D eigenvalue weighted by Crippen LogP contribution is 2.17. The fraction of sp³-hybridized carbons (Fsp3) is 0.471. The number of hydrogen-bond acceptors (Lipinski definition) is 3. The van der Waals surface area contributed by atoms with E-state index in [4.69, 9.17) is 0 Å². The van der Waals surface area contributed by atoms with Crippen LogP contribution in [-0.4, -0.2) is 43.4 Å². The molecule has 6 heteroatoms. The van der Waals surface area contributed by atoms with E-state index in [0.29, 0.717) is 19.4 Å². The van der Waals surface area contributed by atoms with Crippen LogP contribution < -0.4 is 0 Å². The highest BCUT2D eigenvalue weighted by molar-refractivity contribution is 5.66. The van der Waals surface area contributed by atoms with Crippen molar-refractivity contribution in [2.45, 2.75) is 46.1 Å². The second-order valence-electron chi connectivity index (χ2n) is 6.66. The SMILES string of the molecule is Cc1nnc(Cc2ccccc2CCN(C(=O)O)C(C)(C)C)[nH]1. The van der Waals surface area contributed by atoms with Gasteiger partial charge in [-0.25, -0.2) is 4.79 Å². The summed E-state index contributed by atoms with van der Waals surface area (Å²) in [6, 6.07) is 8.06. The van der Waals surface area contributed by atoms with Gasteiger partial charge in [-0.1, -0.05) is 24.3 Å². The van der Waals surface area contributed by atoms with Gasteiger partial charge in [-0.15, -0.1) is 10.2 Å². The van der Waals surface area contributed by atoms with Crippen LogP contribution in [-0.2, 0) is 12.8 Å². The molecule has 0 fully saturated rings. The first-order valence-electron chi connectivity index (χ1n) is 7.73. The molecule has 1 aromatic heterocycles. The molecular formula is C17H24N4O2.